The average molecular weight is 587 g/mol. The molecule has 182 valence electrons. The van der Waals surface area contributed by atoms with Gasteiger partial charge < -0.3 is 20.3 Å². The fourth-order valence-corrected chi connectivity index (χ4v) is 4.15. The van der Waals surface area contributed by atoms with Crippen LogP contribution in [0.15, 0.2) is 54.7 Å². The lowest BCUT2D eigenvalue weighted by Gasteiger charge is -2.20. The van der Waals surface area contributed by atoms with Crippen molar-refractivity contribution in [3.8, 4) is 0 Å². The number of para-hydroxylation sites is 1. The zero-order valence-corrected chi connectivity index (χ0v) is 20.6. The fraction of sp³-hybridized carbons (Fsp3) is 0.333. The van der Waals surface area contributed by atoms with Gasteiger partial charge in [-0.1, -0.05) is 30.3 Å². The second-order valence-electron chi connectivity index (χ2n) is 8.02. The van der Waals surface area contributed by atoms with Gasteiger partial charge >= 0.3 is 12.1 Å². The molecule has 2 aromatic carbocycles. The van der Waals surface area contributed by atoms with Crippen LogP contribution >= 0.6 is 22.6 Å². The van der Waals surface area contributed by atoms with Gasteiger partial charge in [0.25, 0.3) is 0 Å². The number of fused-ring (bicyclic) bond motifs is 1. The minimum atomic E-state index is -4.50. The Labute approximate surface area is 208 Å². The fourth-order valence-electron chi connectivity index (χ4n) is 3.79. The number of hydrogen-bond donors (Lipinski definition) is 3. The number of amides is 1. The van der Waals surface area contributed by atoms with E-state index >= 15 is 0 Å². The number of nitrogens with zero attached hydrogens (tertiary/aromatic N) is 1. The molecule has 10 heteroatoms. The van der Waals surface area contributed by atoms with Crippen molar-refractivity contribution in [3.63, 3.8) is 0 Å². The molecule has 0 saturated heterocycles. The summed E-state index contributed by atoms with van der Waals surface area (Å²) in [7, 11) is 1.56. The van der Waals surface area contributed by atoms with Gasteiger partial charge in [0.15, 0.2) is 0 Å². The number of rotatable bonds is 10. The molecule has 0 spiro atoms. The van der Waals surface area contributed by atoms with Crippen LogP contribution in [-0.4, -0.2) is 46.9 Å². The lowest BCUT2D eigenvalue weighted by Crippen LogP contribution is -2.50. The van der Waals surface area contributed by atoms with Crippen LogP contribution in [-0.2, 0) is 22.6 Å². The van der Waals surface area contributed by atoms with Gasteiger partial charge in [0.05, 0.1) is 6.04 Å². The smallest absolute Gasteiger partial charge is 0.389 e. The number of hydrogen-bond acceptors (Lipinski definition) is 3. The van der Waals surface area contributed by atoms with E-state index in [1.165, 1.54) is 0 Å². The maximum absolute atomic E-state index is 12.8. The van der Waals surface area contributed by atoms with E-state index in [1.54, 1.807) is 7.05 Å². The summed E-state index contributed by atoms with van der Waals surface area (Å²) in [6, 6.07) is 13.5. The van der Waals surface area contributed by atoms with E-state index in [-0.39, 0.29) is 6.42 Å². The lowest BCUT2D eigenvalue weighted by atomic mass is 10.0. The number of carbonyl (C=O) groups excluding carboxylic acids is 1. The number of aromatic nitrogens is 1. The molecule has 0 unspecified atom stereocenters. The highest BCUT2D eigenvalue weighted by Gasteiger charge is 2.32. The number of halogens is 4. The summed E-state index contributed by atoms with van der Waals surface area (Å²) in [5.74, 6) is -2.16. The van der Waals surface area contributed by atoms with Crippen molar-refractivity contribution in [3.05, 3.63) is 69.4 Å². The van der Waals surface area contributed by atoms with Gasteiger partial charge in [-0.05, 0) is 71.8 Å². The first-order valence-corrected chi connectivity index (χ1v) is 11.7. The molecule has 1 amide bonds. The predicted molar refractivity (Wildman–Crippen MR) is 132 cm³/mol. The molecule has 2 atom stereocenters. The molecule has 3 aromatic rings. The molecular formula is C24H25F3IN3O3. The summed E-state index contributed by atoms with van der Waals surface area (Å²) in [5, 5.41) is 15.3. The van der Waals surface area contributed by atoms with Crippen LogP contribution in [0.4, 0.5) is 13.2 Å². The van der Waals surface area contributed by atoms with Crippen molar-refractivity contribution in [2.45, 2.75) is 44.1 Å². The third kappa shape index (κ3) is 6.95. The molecule has 34 heavy (non-hydrogen) atoms. The molecule has 0 fully saturated rings. The first-order valence-electron chi connectivity index (χ1n) is 10.7. The second kappa shape index (κ2) is 11.2. The van der Waals surface area contributed by atoms with Crippen molar-refractivity contribution >= 4 is 45.4 Å². The summed E-state index contributed by atoms with van der Waals surface area (Å²) in [5.41, 5.74) is 2.97. The van der Waals surface area contributed by atoms with Crippen LogP contribution < -0.4 is 10.6 Å². The van der Waals surface area contributed by atoms with E-state index in [9.17, 15) is 27.9 Å². The summed E-state index contributed by atoms with van der Waals surface area (Å²) in [6.07, 6.45) is -4.32. The Hall–Kier alpha value is -2.60. The quantitative estimate of drug-likeness (QED) is 0.309. The number of aliphatic carboxylic acids is 1. The number of benzene rings is 2. The summed E-state index contributed by atoms with van der Waals surface area (Å²) >= 11 is 2.25. The zero-order valence-electron chi connectivity index (χ0n) is 18.4. The highest BCUT2D eigenvalue weighted by Crippen LogP contribution is 2.25. The van der Waals surface area contributed by atoms with Gasteiger partial charge in [0.2, 0.25) is 5.91 Å². The topological polar surface area (TPSA) is 83.4 Å². The molecule has 3 N–H and O–H groups in total. The van der Waals surface area contributed by atoms with Crippen molar-refractivity contribution in [1.82, 2.24) is 15.2 Å². The minimum absolute atomic E-state index is 0.244. The van der Waals surface area contributed by atoms with Crippen LogP contribution in [0.1, 0.15) is 24.0 Å². The largest absolute Gasteiger partial charge is 0.480 e. The standard InChI is InChI=1S/C24H25F3IN3O3/c1-29-20(22(32)30-19(23(33)34)10-11-24(25,26)27)12-16-14-31(21-5-3-2-4-18(16)21)13-15-6-8-17(28)9-7-15/h2-9,14,19-20,29H,10-13H2,1H3,(H,30,32)(H,33,34)/t19-,20-/m0/s1. The number of nitrogens with one attached hydrogen (secondary N) is 2. The first kappa shape index (κ1) is 26.0. The third-order valence-electron chi connectivity index (χ3n) is 5.56. The van der Waals surface area contributed by atoms with Crippen molar-refractivity contribution < 1.29 is 27.9 Å². The number of carboxylic acid groups (broad SMARTS) is 1. The number of likely N-dealkylation sites (N-methyl/N-ethyl adjacent to an activating group) is 1. The first-order chi connectivity index (χ1) is 16.1. The average Bonchev–Trinajstić information content (AvgIpc) is 3.12. The van der Waals surface area contributed by atoms with Gasteiger partial charge in [-0.2, -0.15) is 13.2 Å². The Morgan fingerprint density at radius 2 is 1.76 bits per heavy atom. The van der Waals surface area contributed by atoms with E-state index in [2.05, 4.69) is 37.8 Å². The zero-order chi connectivity index (χ0) is 24.9. The Kier molecular flexibility index (Phi) is 8.58. The van der Waals surface area contributed by atoms with E-state index in [4.69, 9.17) is 0 Å². The molecule has 0 aliphatic heterocycles. The van der Waals surface area contributed by atoms with Gasteiger partial charge in [0.1, 0.15) is 6.04 Å². The van der Waals surface area contributed by atoms with E-state index < -0.39 is 43.0 Å². The molecule has 0 aliphatic carbocycles. The monoisotopic (exact) mass is 587 g/mol. The van der Waals surface area contributed by atoms with E-state index in [0.717, 1.165) is 25.6 Å². The Balaban J connectivity index is 1.79. The highest BCUT2D eigenvalue weighted by molar-refractivity contribution is 14.1. The van der Waals surface area contributed by atoms with Gasteiger partial charge in [-0.25, -0.2) is 4.79 Å². The molecule has 0 bridgehead atoms. The molecule has 6 nitrogen and oxygen atoms in total. The minimum Gasteiger partial charge on any atom is -0.480 e. The van der Waals surface area contributed by atoms with E-state index in [0.29, 0.717) is 6.54 Å². The van der Waals surface area contributed by atoms with Crippen LogP contribution in [0.2, 0.25) is 0 Å². The van der Waals surface area contributed by atoms with Crippen LogP contribution in [0.25, 0.3) is 10.9 Å². The molecule has 1 heterocycles. The Morgan fingerprint density at radius 3 is 2.38 bits per heavy atom. The van der Waals surface area contributed by atoms with Crippen LogP contribution in [0, 0.1) is 3.57 Å². The molecule has 0 radical (unpaired) electrons. The Bertz CT molecular complexity index is 1150. The van der Waals surface area contributed by atoms with E-state index in [1.807, 2.05) is 54.7 Å². The predicted octanol–water partition coefficient (Wildman–Crippen LogP) is 4.34. The normalized spacial score (nSPS) is 13.6. The van der Waals surface area contributed by atoms with Crippen LogP contribution in [0.3, 0.4) is 0 Å². The highest BCUT2D eigenvalue weighted by atomic mass is 127. The molecule has 0 aliphatic rings. The van der Waals surface area contributed by atoms with Gasteiger partial charge in [-0.15, -0.1) is 0 Å². The van der Waals surface area contributed by atoms with Gasteiger partial charge in [0, 0.05) is 33.6 Å². The summed E-state index contributed by atoms with van der Waals surface area (Å²) in [6.45, 7) is 0.631. The maximum atomic E-state index is 12.8. The molecular weight excluding hydrogens is 562 g/mol. The number of alkyl halides is 3. The van der Waals surface area contributed by atoms with Crippen molar-refractivity contribution in [2.75, 3.05) is 7.05 Å². The number of carboxylic acids is 1. The van der Waals surface area contributed by atoms with Crippen LogP contribution in [0.5, 0.6) is 0 Å². The lowest BCUT2D eigenvalue weighted by molar-refractivity contribution is -0.148. The number of carbonyl (C=O) groups is 2. The second-order valence-corrected chi connectivity index (χ2v) is 9.27. The third-order valence-corrected chi connectivity index (χ3v) is 6.28. The maximum Gasteiger partial charge on any atom is 0.389 e. The molecule has 3 rings (SSSR count). The molecule has 1 aromatic heterocycles. The summed E-state index contributed by atoms with van der Waals surface area (Å²) < 4.78 is 40.8. The van der Waals surface area contributed by atoms with Gasteiger partial charge in [-0.3, -0.25) is 4.79 Å². The SMILES string of the molecule is CN[C@@H](Cc1cn(Cc2ccc(I)cc2)c2ccccc12)C(=O)N[C@@H](CCC(F)(F)F)C(=O)O. The van der Waals surface area contributed by atoms with Crippen molar-refractivity contribution in [2.24, 2.45) is 0 Å². The van der Waals surface area contributed by atoms with Crippen molar-refractivity contribution in [1.29, 1.82) is 0 Å². The summed E-state index contributed by atoms with van der Waals surface area (Å²) in [4.78, 5) is 24.1. The Morgan fingerprint density at radius 1 is 1.09 bits per heavy atom. The molecule has 0 saturated carbocycles.